The minimum absolute atomic E-state index is 0.266. The minimum atomic E-state index is -3.66. The molecule has 1 amide bonds. The van der Waals surface area contributed by atoms with E-state index in [1.807, 2.05) is 58.0 Å². The molecule has 0 radical (unpaired) electrons. The lowest BCUT2D eigenvalue weighted by Crippen LogP contribution is -2.50. The van der Waals surface area contributed by atoms with Crippen molar-refractivity contribution in [2.75, 3.05) is 10.6 Å². The molecule has 1 aliphatic heterocycles. The number of fused-ring (bicyclic) bond motifs is 1. The highest BCUT2D eigenvalue weighted by molar-refractivity contribution is 7.92. The maximum absolute atomic E-state index is 13.2. The van der Waals surface area contributed by atoms with Crippen LogP contribution in [0.25, 0.3) is 0 Å². The number of carbonyl (C=O) groups excluding carboxylic acids is 1. The molecule has 6 nitrogen and oxygen atoms in total. The van der Waals surface area contributed by atoms with Crippen LogP contribution in [0.3, 0.4) is 0 Å². The molecule has 2 atom stereocenters. The van der Waals surface area contributed by atoms with Gasteiger partial charge in [0, 0.05) is 12.0 Å². The van der Waals surface area contributed by atoms with Crippen molar-refractivity contribution >= 4 is 21.6 Å². The first-order valence-electron chi connectivity index (χ1n) is 10.6. The molecule has 0 aromatic heterocycles. The lowest BCUT2D eigenvalue weighted by atomic mass is 9.89. The average molecular weight is 445 g/mol. The van der Waals surface area contributed by atoms with Crippen LogP contribution in [0.4, 0.5) is 5.69 Å². The largest absolute Gasteiger partial charge is 0.487 e. The number of aryl methyl sites for hydroxylation is 2. The molecular formula is C24H32N2O4S. The lowest BCUT2D eigenvalue weighted by Gasteiger charge is -2.39. The predicted octanol–water partition coefficient (Wildman–Crippen LogP) is 4.13. The molecule has 7 heteroatoms. The minimum Gasteiger partial charge on any atom is -0.487 e. The third-order valence-corrected chi connectivity index (χ3v) is 6.87. The van der Waals surface area contributed by atoms with Gasteiger partial charge in [0.1, 0.15) is 17.4 Å². The van der Waals surface area contributed by atoms with Gasteiger partial charge in [-0.3, -0.25) is 9.10 Å². The topological polar surface area (TPSA) is 75.7 Å². The molecule has 0 saturated heterocycles. The number of hydrogen-bond donors (Lipinski definition) is 1. The first-order chi connectivity index (χ1) is 14.4. The molecule has 1 heterocycles. The second kappa shape index (κ2) is 8.54. The number of rotatable bonds is 6. The summed E-state index contributed by atoms with van der Waals surface area (Å²) >= 11 is 0. The van der Waals surface area contributed by atoms with E-state index < -0.39 is 21.7 Å². The molecule has 2 aromatic carbocycles. The van der Waals surface area contributed by atoms with Gasteiger partial charge in [0.25, 0.3) is 0 Å². The van der Waals surface area contributed by atoms with Crippen molar-refractivity contribution in [1.29, 1.82) is 0 Å². The summed E-state index contributed by atoms with van der Waals surface area (Å²) in [7, 11) is -3.66. The highest BCUT2D eigenvalue weighted by Gasteiger charge is 2.37. The van der Waals surface area contributed by atoms with Crippen molar-refractivity contribution in [2.45, 2.75) is 65.1 Å². The van der Waals surface area contributed by atoms with Crippen LogP contribution in [0.5, 0.6) is 5.75 Å². The van der Waals surface area contributed by atoms with Gasteiger partial charge in [0.2, 0.25) is 15.9 Å². The zero-order valence-electron chi connectivity index (χ0n) is 19.1. The maximum atomic E-state index is 13.2. The standard InChI is InChI=1S/C24H32N2O4S/c1-7-18-9-11-19(12-10-18)26(31(6,28)29)17(3)23(27)25-21-15-24(4,5)30-22-14-16(2)8-13-20(21)22/h8-14,17,21H,7,15H2,1-6H3,(H,25,27). The van der Waals surface area contributed by atoms with Gasteiger partial charge in [-0.2, -0.15) is 0 Å². The number of sulfonamides is 1. The van der Waals surface area contributed by atoms with Gasteiger partial charge in [-0.05, 0) is 63.4 Å². The van der Waals surface area contributed by atoms with Gasteiger partial charge in [0.15, 0.2) is 0 Å². The Kier molecular flexibility index (Phi) is 6.37. The molecule has 0 bridgehead atoms. The fraction of sp³-hybridized carbons (Fsp3) is 0.458. The van der Waals surface area contributed by atoms with Crippen LogP contribution in [-0.4, -0.2) is 32.2 Å². The van der Waals surface area contributed by atoms with Crippen molar-refractivity contribution in [2.24, 2.45) is 0 Å². The van der Waals surface area contributed by atoms with E-state index in [1.54, 1.807) is 19.1 Å². The summed E-state index contributed by atoms with van der Waals surface area (Å²) in [4.78, 5) is 13.2. The van der Waals surface area contributed by atoms with E-state index in [0.717, 1.165) is 35.1 Å². The summed E-state index contributed by atoms with van der Waals surface area (Å²) in [5.74, 6) is 0.406. The van der Waals surface area contributed by atoms with Crippen LogP contribution in [0.1, 0.15) is 56.8 Å². The van der Waals surface area contributed by atoms with Crippen molar-refractivity contribution in [1.82, 2.24) is 5.32 Å². The Hall–Kier alpha value is -2.54. The molecular weight excluding hydrogens is 412 g/mol. The molecule has 1 N–H and O–H groups in total. The van der Waals surface area contributed by atoms with E-state index in [9.17, 15) is 13.2 Å². The third-order valence-electron chi connectivity index (χ3n) is 5.63. The summed E-state index contributed by atoms with van der Waals surface area (Å²) in [5.41, 5.74) is 3.11. The summed E-state index contributed by atoms with van der Waals surface area (Å²) in [6, 6.07) is 12.0. The lowest BCUT2D eigenvalue weighted by molar-refractivity contribution is -0.123. The average Bonchev–Trinajstić information content (AvgIpc) is 2.66. The molecule has 31 heavy (non-hydrogen) atoms. The van der Waals surface area contributed by atoms with Crippen molar-refractivity contribution < 1.29 is 17.9 Å². The summed E-state index contributed by atoms with van der Waals surface area (Å²) in [6.45, 7) is 9.62. The number of amides is 1. The highest BCUT2D eigenvalue weighted by atomic mass is 32.2. The molecule has 3 rings (SSSR count). The summed E-state index contributed by atoms with van der Waals surface area (Å²) in [5, 5.41) is 3.07. The number of anilines is 1. The van der Waals surface area contributed by atoms with Crippen molar-refractivity contribution in [3.8, 4) is 5.75 Å². The number of nitrogens with zero attached hydrogens (tertiary/aromatic N) is 1. The molecule has 2 unspecified atom stereocenters. The van der Waals surface area contributed by atoms with E-state index in [2.05, 4.69) is 5.32 Å². The molecule has 0 fully saturated rings. The number of hydrogen-bond acceptors (Lipinski definition) is 4. The SMILES string of the molecule is CCc1ccc(N(C(C)C(=O)NC2CC(C)(C)Oc3cc(C)ccc32)S(C)(=O)=O)cc1. The highest BCUT2D eigenvalue weighted by Crippen LogP contribution is 2.40. The van der Waals surface area contributed by atoms with E-state index in [-0.39, 0.29) is 11.9 Å². The molecule has 0 aliphatic carbocycles. The molecule has 0 spiro atoms. The van der Waals surface area contributed by atoms with E-state index >= 15 is 0 Å². The summed E-state index contributed by atoms with van der Waals surface area (Å²) < 4.78 is 32.5. The van der Waals surface area contributed by atoms with Crippen LogP contribution in [0.2, 0.25) is 0 Å². The van der Waals surface area contributed by atoms with Gasteiger partial charge in [0.05, 0.1) is 18.0 Å². The van der Waals surface area contributed by atoms with Crippen molar-refractivity contribution in [3.05, 3.63) is 59.2 Å². The van der Waals surface area contributed by atoms with Crippen LogP contribution in [-0.2, 0) is 21.2 Å². The Morgan fingerprint density at radius 3 is 2.45 bits per heavy atom. The first-order valence-corrected chi connectivity index (χ1v) is 12.4. The van der Waals surface area contributed by atoms with Gasteiger partial charge >= 0.3 is 0 Å². The predicted molar refractivity (Wildman–Crippen MR) is 124 cm³/mol. The van der Waals surface area contributed by atoms with Gasteiger partial charge in [-0.25, -0.2) is 8.42 Å². The van der Waals surface area contributed by atoms with Crippen LogP contribution < -0.4 is 14.4 Å². The maximum Gasteiger partial charge on any atom is 0.244 e. The second-order valence-corrected chi connectivity index (χ2v) is 10.8. The molecule has 1 aliphatic rings. The summed E-state index contributed by atoms with van der Waals surface area (Å²) in [6.07, 6.45) is 2.57. The van der Waals surface area contributed by atoms with E-state index in [4.69, 9.17) is 4.74 Å². The normalized spacial score (nSPS) is 18.5. The molecule has 168 valence electrons. The monoisotopic (exact) mass is 444 g/mol. The Morgan fingerprint density at radius 2 is 1.87 bits per heavy atom. The van der Waals surface area contributed by atoms with Crippen LogP contribution in [0, 0.1) is 6.92 Å². The second-order valence-electron chi connectivity index (χ2n) is 8.92. The van der Waals surface area contributed by atoms with Gasteiger partial charge in [-0.1, -0.05) is 31.2 Å². The fourth-order valence-corrected chi connectivity index (χ4v) is 5.24. The zero-order valence-corrected chi connectivity index (χ0v) is 19.9. The van der Waals surface area contributed by atoms with E-state index in [0.29, 0.717) is 12.1 Å². The Morgan fingerprint density at radius 1 is 1.23 bits per heavy atom. The first kappa shape index (κ1) is 23.1. The van der Waals surface area contributed by atoms with E-state index in [1.165, 1.54) is 4.31 Å². The smallest absolute Gasteiger partial charge is 0.244 e. The Balaban J connectivity index is 1.89. The Bertz CT molecular complexity index is 1060. The van der Waals surface area contributed by atoms with Crippen LogP contribution in [0.15, 0.2) is 42.5 Å². The van der Waals surface area contributed by atoms with Crippen LogP contribution >= 0.6 is 0 Å². The van der Waals surface area contributed by atoms with Gasteiger partial charge < -0.3 is 10.1 Å². The quantitative estimate of drug-likeness (QED) is 0.727. The third kappa shape index (κ3) is 5.21. The zero-order chi connectivity index (χ0) is 23.0. The number of benzene rings is 2. The number of nitrogens with one attached hydrogen (secondary N) is 1. The van der Waals surface area contributed by atoms with Crippen molar-refractivity contribution in [3.63, 3.8) is 0 Å². The number of carbonyl (C=O) groups is 1. The number of ether oxygens (including phenoxy) is 1. The molecule has 2 aromatic rings. The van der Waals surface area contributed by atoms with Gasteiger partial charge in [-0.15, -0.1) is 0 Å². The fourth-order valence-electron chi connectivity index (χ4n) is 4.07. The molecule has 0 saturated carbocycles. The Labute approximate surface area is 185 Å².